The maximum Gasteiger partial charge on any atom is 0.162 e. The molecule has 0 heterocycles. The molecule has 0 spiro atoms. The summed E-state index contributed by atoms with van der Waals surface area (Å²) >= 11 is 0. The van der Waals surface area contributed by atoms with Crippen molar-refractivity contribution in [2.45, 2.75) is 70.6 Å². The maximum absolute atomic E-state index is 13.3. The van der Waals surface area contributed by atoms with Crippen molar-refractivity contribution in [3.8, 4) is 5.75 Å². The molecule has 27 heavy (non-hydrogen) atoms. The molecule has 2 aliphatic carbocycles. The van der Waals surface area contributed by atoms with Crippen LogP contribution in [0.3, 0.4) is 0 Å². The van der Waals surface area contributed by atoms with Crippen LogP contribution in [0, 0.1) is 35.3 Å². The van der Waals surface area contributed by atoms with Gasteiger partial charge in [-0.1, -0.05) is 25.3 Å². The van der Waals surface area contributed by atoms with Crippen LogP contribution in [0.5, 0.6) is 5.75 Å². The van der Waals surface area contributed by atoms with Crippen molar-refractivity contribution in [2.75, 3.05) is 6.61 Å². The third-order valence-electron chi connectivity index (χ3n) is 6.85. The quantitative estimate of drug-likeness (QED) is 0.341. The van der Waals surface area contributed by atoms with Gasteiger partial charge in [-0.25, -0.2) is 8.78 Å². The average Bonchev–Trinajstić information content (AvgIpc) is 2.70. The van der Waals surface area contributed by atoms with Gasteiger partial charge < -0.3 is 4.74 Å². The molecule has 2 saturated carbocycles. The van der Waals surface area contributed by atoms with Gasteiger partial charge in [0.05, 0.1) is 6.61 Å². The smallest absolute Gasteiger partial charge is 0.162 e. The highest BCUT2D eigenvalue weighted by molar-refractivity contribution is 5.23. The zero-order valence-electron chi connectivity index (χ0n) is 16.5. The fourth-order valence-corrected chi connectivity index (χ4v) is 5.11. The Morgan fingerprint density at radius 2 is 1.52 bits per heavy atom. The van der Waals surface area contributed by atoms with E-state index in [-0.39, 0.29) is 0 Å². The molecule has 0 atom stereocenters. The summed E-state index contributed by atoms with van der Waals surface area (Å²) in [5.74, 6) is 2.08. The van der Waals surface area contributed by atoms with Crippen molar-refractivity contribution in [3.63, 3.8) is 0 Å². The van der Waals surface area contributed by atoms with E-state index in [2.05, 4.69) is 6.58 Å². The molecule has 0 aromatic heterocycles. The van der Waals surface area contributed by atoms with Crippen LogP contribution in [-0.2, 0) is 0 Å². The molecule has 3 rings (SSSR count). The Bertz CT molecular complexity index is 584. The van der Waals surface area contributed by atoms with Gasteiger partial charge in [0.15, 0.2) is 11.6 Å². The largest absolute Gasteiger partial charge is 0.493 e. The minimum atomic E-state index is -0.837. The van der Waals surface area contributed by atoms with Gasteiger partial charge in [0.2, 0.25) is 0 Å². The highest BCUT2D eigenvalue weighted by Crippen LogP contribution is 2.42. The first-order valence-corrected chi connectivity index (χ1v) is 10.8. The minimum Gasteiger partial charge on any atom is -0.493 e. The van der Waals surface area contributed by atoms with Gasteiger partial charge in [-0.3, -0.25) is 0 Å². The number of allylic oxidation sites excluding steroid dienone is 1. The first kappa shape index (κ1) is 20.4. The van der Waals surface area contributed by atoms with Gasteiger partial charge >= 0.3 is 0 Å². The van der Waals surface area contributed by atoms with Gasteiger partial charge in [0.25, 0.3) is 0 Å². The molecule has 0 unspecified atom stereocenters. The van der Waals surface area contributed by atoms with Crippen LogP contribution >= 0.6 is 0 Å². The van der Waals surface area contributed by atoms with E-state index in [9.17, 15) is 8.78 Å². The van der Waals surface area contributed by atoms with Gasteiger partial charge in [0.1, 0.15) is 5.75 Å². The fourth-order valence-electron chi connectivity index (χ4n) is 5.11. The molecule has 0 amide bonds. The SMILES string of the molecule is C=CCCCC1CCC(C2CCC(COc3ccc(F)c(F)c3)CC2)CC1. The number of ether oxygens (including phenoxy) is 1. The second kappa shape index (κ2) is 10.2. The van der Waals surface area contributed by atoms with Crippen molar-refractivity contribution in [3.05, 3.63) is 42.5 Å². The first-order chi connectivity index (χ1) is 13.2. The van der Waals surface area contributed by atoms with E-state index in [1.807, 2.05) is 6.08 Å². The molecule has 2 fully saturated rings. The average molecular weight is 377 g/mol. The van der Waals surface area contributed by atoms with E-state index in [0.29, 0.717) is 18.3 Å². The third-order valence-corrected chi connectivity index (χ3v) is 6.85. The number of hydrogen-bond acceptors (Lipinski definition) is 1. The molecule has 150 valence electrons. The number of halogens is 2. The number of rotatable bonds is 8. The second-order valence-corrected chi connectivity index (χ2v) is 8.67. The number of unbranched alkanes of at least 4 members (excludes halogenated alkanes) is 1. The van der Waals surface area contributed by atoms with Crippen LogP contribution in [0.25, 0.3) is 0 Å². The minimum absolute atomic E-state index is 0.436. The summed E-state index contributed by atoms with van der Waals surface area (Å²) < 4.78 is 31.9. The molecule has 2 aliphatic rings. The molecule has 1 aromatic rings. The summed E-state index contributed by atoms with van der Waals surface area (Å²) in [6, 6.07) is 3.79. The molecule has 1 nitrogen and oxygen atoms in total. The number of benzene rings is 1. The second-order valence-electron chi connectivity index (χ2n) is 8.67. The van der Waals surface area contributed by atoms with E-state index in [1.54, 1.807) is 0 Å². The Morgan fingerprint density at radius 3 is 2.11 bits per heavy atom. The topological polar surface area (TPSA) is 9.23 Å². The van der Waals surface area contributed by atoms with Gasteiger partial charge in [-0.2, -0.15) is 0 Å². The molecule has 0 N–H and O–H groups in total. The van der Waals surface area contributed by atoms with Crippen molar-refractivity contribution in [2.24, 2.45) is 23.7 Å². The highest BCUT2D eigenvalue weighted by atomic mass is 19.2. The van der Waals surface area contributed by atoms with E-state index >= 15 is 0 Å². The van der Waals surface area contributed by atoms with Crippen LogP contribution < -0.4 is 4.74 Å². The van der Waals surface area contributed by atoms with Crippen LogP contribution in [0.1, 0.15) is 70.6 Å². The van der Waals surface area contributed by atoms with Crippen LogP contribution in [-0.4, -0.2) is 6.61 Å². The summed E-state index contributed by atoms with van der Waals surface area (Å²) in [6.07, 6.45) is 16.6. The summed E-state index contributed by atoms with van der Waals surface area (Å²) in [5.41, 5.74) is 0. The lowest BCUT2D eigenvalue weighted by Crippen LogP contribution is -2.27. The first-order valence-electron chi connectivity index (χ1n) is 10.8. The van der Waals surface area contributed by atoms with Crippen molar-refractivity contribution in [1.82, 2.24) is 0 Å². The fraction of sp³-hybridized carbons (Fsp3) is 0.667. The van der Waals surface area contributed by atoms with E-state index in [1.165, 1.54) is 70.3 Å². The molecular weight excluding hydrogens is 342 g/mol. The summed E-state index contributed by atoms with van der Waals surface area (Å²) in [4.78, 5) is 0. The Labute approximate surface area is 163 Å². The van der Waals surface area contributed by atoms with Crippen molar-refractivity contribution >= 4 is 0 Å². The maximum atomic E-state index is 13.3. The molecule has 0 radical (unpaired) electrons. The van der Waals surface area contributed by atoms with Crippen LogP contribution in [0.15, 0.2) is 30.9 Å². The monoisotopic (exact) mass is 376 g/mol. The Balaban J connectivity index is 1.34. The van der Waals surface area contributed by atoms with Crippen molar-refractivity contribution in [1.29, 1.82) is 0 Å². The zero-order valence-corrected chi connectivity index (χ0v) is 16.5. The molecule has 0 aliphatic heterocycles. The van der Waals surface area contributed by atoms with E-state index in [0.717, 1.165) is 36.3 Å². The van der Waals surface area contributed by atoms with Crippen LogP contribution in [0.2, 0.25) is 0 Å². The zero-order chi connectivity index (χ0) is 19.1. The summed E-state index contributed by atoms with van der Waals surface area (Å²) in [5, 5.41) is 0. The molecule has 0 bridgehead atoms. The van der Waals surface area contributed by atoms with Gasteiger partial charge in [-0.15, -0.1) is 6.58 Å². The van der Waals surface area contributed by atoms with Crippen LogP contribution in [0.4, 0.5) is 8.78 Å². The summed E-state index contributed by atoms with van der Waals surface area (Å²) in [6.45, 7) is 4.44. The van der Waals surface area contributed by atoms with Gasteiger partial charge in [-0.05, 0) is 87.2 Å². The Hall–Kier alpha value is -1.38. The van der Waals surface area contributed by atoms with E-state index < -0.39 is 11.6 Å². The van der Waals surface area contributed by atoms with E-state index in [4.69, 9.17) is 4.74 Å². The highest BCUT2D eigenvalue weighted by Gasteiger charge is 2.30. The standard InChI is InChI=1S/C24H34F2O/c1-2-3-4-5-18-6-10-20(11-7-18)21-12-8-19(9-13-21)17-27-22-14-15-23(25)24(26)16-22/h2,14-16,18-21H,1,3-13,17H2. The lowest BCUT2D eigenvalue weighted by molar-refractivity contribution is 0.121. The molecule has 0 saturated heterocycles. The normalized spacial score (nSPS) is 28.7. The Morgan fingerprint density at radius 1 is 0.889 bits per heavy atom. The number of hydrogen-bond donors (Lipinski definition) is 0. The van der Waals surface area contributed by atoms with Crippen molar-refractivity contribution < 1.29 is 13.5 Å². The van der Waals surface area contributed by atoms with Gasteiger partial charge in [0, 0.05) is 6.07 Å². The predicted molar refractivity (Wildman–Crippen MR) is 107 cm³/mol. The molecular formula is C24H34F2O. The summed E-state index contributed by atoms with van der Waals surface area (Å²) in [7, 11) is 0. The lowest BCUT2D eigenvalue weighted by Gasteiger charge is -2.37. The Kier molecular flexibility index (Phi) is 7.72. The molecule has 3 heteroatoms. The molecule has 1 aromatic carbocycles. The lowest BCUT2D eigenvalue weighted by atomic mass is 9.69. The third kappa shape index (κ3) is 6.05. The predicted octanol–water partition coefficient (Wildman–Crippen LogP) is 7.31.